The predicted octanol–water partition coefficient (Wildman–Crippen LogP) is 1.86. The zero-order valence-corrected chi connectivity index (χ0v) is 17.4. The Labute approximate surface area is 142 Å². The minimum Gasteiger partial charge on any atom is -0.364 e. The van der Waals surface area contributed by atoms with Crippen LogP contribution < -0.4 is 0 Å². The molecule has 126 valence electrons. The first kappa shape index (κ1) is 19.7. The van der Waals surface area contributed by atoms with E-state index < -0.39 is 8.97 Å². The fourth-order valence-electron chi connectivity index (χ4n) is 2.01. The van der Waals surface area contributed by atoms with Crippen LogP contribution in [0.1, 0.15) is 0 Å². The van der Waals surface area contributed by atoms with E-state index in [4.69, 9.17) is 18.1 Å². The molecule has 0 amide bonds. The average Bonchev–Trinajstić information content (AvgIpc) is 2.65. The number of nitrogens with zero attached hydrogens (tertiary/aromatic N) is 1. The van der Waals surface area contributed by atoms with E-state index in [1.165, 1.54) is 11.1 Å². The molecule has 0 saturated heterocycles. The molecule has 0 atom stereocenters. The lowest BCUT2D eigenvalue weighted by Crippen LogP contribution is -2.57. The van der Waals surface area contributed by atoms with Crippen molar-refractivity contribution in [1.82, 2.24) is 4.39 Å². The SMILES string of the molecule is CON([SiH3])[Si](OC)(OC)OC.c1ccc(-c2ccccc2)cc1. The van der Waals surface area contributed by atoms with Gasteiger partial charge in [0, 0.05) is 21.3 Å². The molecule has 5 nitrogen and oxygen atoms in total. The van der Waals surface area contributed by atoms with Crippen molar-refractivity contribution in [3.63, 3.8) is 0 Å². The van der Waals surface area contributed by atoms with Crippen LogP contribution in [0.4, 0.5) is 0 Å². The summed E-state index contributed by atoms with van der Waals surface area (Å²) in [5, 5.41) is 0. The van der Waals surface area contributed by atoms with Crippen molar-refractivity contribution < 1.29 is 18.1 Å². The van der Waals surface area contributed by atoms with Gasteiger partial charge in [-0.15, -0.1) is 0 Å². The van der Waals surface area contributed by atoms with Crippen molar-refractivity contribution in [3.05, 3.63) is 60.7 Å². The van der Waals surface area contributed by atoms with Crippen LogP contribution in [0.25, 0.3) is 11.1 Å². The van der Waals surface area contributed by atoms with Gasteiger partial charge in [-0.2, -0.15) is 4.39 Å². The number of rotatable bonds is 6. The molecule has 0 aliphatic rings. The molecule has 0 radical (unpaired) electrons. The van der Waals surface area contributed by atoms with Gasteiger partial charge in [0.2, 0.25) is 0 Å². The molecule has 0 spiro atoms. The fourth-order valence-corrected chi connectivity index (χ4v) is 5.15. The van der Waals surface area contributed by atoms with Crippen LogP contribution in [0, 0.1) is 0 Å². The standard InChI is InChI=1S/C12H10.C4H15NO4Si2/c1-3-7-11(8-4-1)12-9-5-2-6-10-12;1-6-5(10)11(7-2,8-3)9-4/h1-10H;1-4,10H3. The highest BCUT2D eigenvalue weighted by Gasteiger charge is 2.44. The molecule has 0 saturated carbocycles. The molecule has 23 heavy (non-hydrogen) atoms. The van der Waals surface area contributed by atoms with Gasteiger partial charge in [-0.25, -0.2) is 0 Å². The lowest BCUT2D eigenvalue weighted by atomic mass is 10.1. The van der Waals surface area contributed by atoms with Crippen molar-refractivity contribution in [3.8, 4) is 11.1 Å². The Balaban J connectivity index is 0.000000232. The summed E-state index contributed by atoms with van der Waals surface area (Å²) in [6.07, 6.45) is 0. The van der Waals surface area contributed by atoms with Crippen molar-refractivity contribution in [2.45, 2.75) is 0 Å². The third kappa shape index (κ3) is 5.66. The molecule has 0 heterocycles. The quantitative estimate of drug-likeness (QED) is 0.587. The van der Waals surface area contributed by atoms with E-state index in [0.29, 0.717) is 10.4 Å². The minimum atomic E-state index is -2.65. The molecule has 2 rings (SSSR count). The molecular weight excluding hydrogens is 326 g/mol. The van der Waals surface area contributed by atoms with E-state index in [-0.39, 0.29) is 0 Å². The third-order valence-electron chi connectivity index (χ3n) is 3.31. The Bertz CT molecular complexity index is 493. The molecule has 2 aromatic carbocycles. The highest BCUT2D eigenvalue weighted by Crippen LogP contribution is 2.17. The molecule has 0 aromatic heterocycles. The molecule has 0 aliphatic carbocycles. The highest BCUT2D eigenvalue weighted by atomic mass is 28.4. The number of hydrogen-bond donors (Lipinski definition) is 0. The van der Waals surface area contributed by atoms with Gasteiger partial charge in [-0.05, 0) is 11.1 Å². The molecule has 7 heteroatoms. The summed E-state index contributed by atoms with van der Waals surface area (Å²) in [5.41, 5.74) is 2.55. The maximum absolute atomic E-state index is 5.12. The van der Waals surface area contributed by atoms with Crippen molar-refractivity contribution in [1.29, 1.82) is 0 Å². The Morgan fingerprint density at radius 2 is 1.04 bits per heavy atom. The Morgan fingerprint density at radius 3 is 1.26 bits per heavy atom. The average molecular weight is 352 g/mol. The van der Waals surface area contributed by atoms with Crippen molar-refractivity contribution >= 4 is 19.4 Å². The van der Waals surface area contributed by atoms with Crippen LogP contribution in [0.2, 0.25) is 0 Å². The molecule has 0 N–H and O–H groups in total. The largest absolute Gasteiger partial charge is 0.615 e. The van der Waals surface area contributed by atoms with Crippen molar-refractivity contribution in [2.24, 2.45) is 0 Å². The first-order valence-electron chi connectivity index (χ1n) is 7.17. The summed E-state index contributed by atoms with van der Waals surface area (Å²) in [4.78, 5) is 4.97. The van der Waals surface area contributed by atoms with Gasteiger partial charge < -0.3 is 18.1 Å². The highest BCUT2D eigenvalue weighted by molar-refractivity contribution is 6.62. The van der Waals surface area contributed by atoms with Crippen LogP contribution in [0.5, 0.6) is 0 Å². The third-order valence-corrected chi connectivity index (χ3v) is 7.82. The summed E-state index contributed by atoms with van der Waals surface area (Å²) in [6, 6.07) is 20.8. The maximum atomic E-state index is 5.12. The molecule has 0 unspecified atom stereocenters. The Hall–Kier alpha value is -1.33. The van der Waals surface area contributed by atoms with Crippen LogP contribution in [-0.4, -0.2) is 52.2 Å². The summed E-state index contributed by atoms with van der Waals surface area (Å²) in [6.45, 7) is 0. The summed E-state index contributed by atoms with van der Waals surface area (Å²) < 4.78 is 16.9. The fraction of sp³-hybridized carbons (Fsp3) is 0.250. The van der Waals surface area contributed by atoms with Crippen LogP contribution in [0.15, 0.2) is 60.7 Å². The first-order valence-corrected chi connectivity index (χ1v) is 9.74. The first-order chi connectivity index (χ1) is 11.1. The maximum Gasteiger partial charge on any atom is 0.615 e. The van der Waals surface area contributed by atoms with Crippen molar-refractivity contribution in [2.75, 3.05) is 28.4 Å². The van der Waals surface area contributed by atoms with Gasteiger partial charge in [0.05, 0.1) is 7.11 Å². The van der Waals surface area contributed by atoms with E-state index in [1.807, 2.05) is 12.1 Å². The van der Waals surface area contributed by atoms with Gasteiger partial charge in [0.1, 0.15) is 10.4 Å². The monoisotopic (exact) mass is 351 g/mol. The second kappa shape index (κ2) is 10.4. The van der Waals surface area contributed by atoms with E-state index in [9.17, 15) is 0 Å². The predicted molar refractivity (Wildman–Crippen MR) is 97.4 cm³/mol. The van der Waals surface area contributed by atoms with Crippen LogP contribution in [0.3, 0.4) is 0 Å². The minimum absolute atomic E-state index is 0.674. The van der Waals surface area contributed by atoms with Crippen LogP contribution in [-0.2, 0) is 18.1 Å². The Kier molecular flexibility index (Phi) is 8.96. The lowest BCUT2D eigenvalue weighted by molar-refractivity contribution is -0.0674. The van der Waals surface area contributed by atoms with E-state index in [2.05, 4.69) is 48.5 Å². The lowest BCUT2D eigenvalue weighted by Gasteiger charge is -2.30. The molecular formula is C16H25NO4Si2. The van der Waals surface area contributed by atoms with Gasteiger partial charge >= 0.3 is 8.97 Å². The summed E-state index contributed by atoms with van der Waals surface area (Å²) in [7, 11) is 4.22. The summed E-state index contributed by atoms with van der Waals surface area (Å²) >= 11 is 0. The zero-order valence-electron chi connectivity index (χ0n) is 14.4. The number of hydrogen-bond acceptors (Lipinski definition) is 5. The van der Waals surface area contributed by atoms with Gasteiger partial charge in [-0.1, -0.05) is 60.7 Å². The normalized spacial score (nSPS) is 11.2. The topological polar surface area (TPSA) is 40.2 Å². The zero-order chi connectivity index (χ0) is 17.1. The van der Waals surface area contributed by atoms with E-state index >= 15 is 0 Å². The molecule has 2 aromatic rings. The van der Waals surface area contributed by atoms with Gasteiger partial charge in [0.15, 0.2) is 0 Å². The number of benzene rings is 2. The Morgan fingerprint density at radius 1 is 0.696 bits per heavy atom. The molecule has 0 aliphatic heterocycles. The smallest absolute Gasteiger partial charge is 0.364 e. The van der Waals surface area contributed by atoms with Gasteiger partial charge in [-0.3, -0.25) is 0 Å². The molecule has 0 bridgehead atoms. The molecule has 0 fully saturated rings. The summed E-state index contributed by atoms with van der Waals surface area (Å²) in [5.74, 6) is 0. The van der Waals surface area contributed by atoms with Gasteiger partial charge in [0.25, 0.3) is 0 Å². The van der Waals surface area contributed by atoms with E-state index in [1.54, 1.807) is 32.8 Å². The second-order valence-corrected chi connectivity index (χ2v) is 9.16. The van der Waals surface area contributed by atoms with E-state index in [0.717, 1.165) is 0 Å². The van der Waals surface area contributed by atoms with Crippen LogP contribution >= 0.6 is 0 Å². The second-order valence-electron chi connectivity index (χ2n) is 4.55.